The minimum Gasteiger partial charge on any atom is -0.481 e. The smallest absolute Gasteiger partial charge is 0.304 e. The van der Waals surface area contributed by atoms with Crippen molar-refractivity contribution in [2.75, 3.05) is 20.1 Å². The molecule has 0 aliphatic carbocycles. The number of hydrogen-bond donors (Lipinski definition) is 2. The number of rotatable bonds is 7. The molecule has 1 aromatic carbocycles. The molecule has 0 saturated heterocycles. The van der Waals surface area contributed by atoms with E-state index in [0.717, 1.165) is 0 Å². The van der Waals surface area contributed by atoms with E-state index in [0.29, 0.717) is 12.1 Å². The van der Waals surface area contributed by atoms with Gasteiger partial charge in [-0.2, -0.15) is 0 Å². The monoisotopic (exact) mass is 268 g/mol. The van der Waals surface area contributed by atoms with Crippen LogP contribution in [0.5, 0.6) is 0 Å². The third-order valence-corrected chi connectivity index (χ3v) is 2.68. The molecule has 0 fully saturated rings. The Morgan fingerprint density at radius 2 is 2.00 bits per heavy atom. The lowest BCUT2D eigenvalue weighted by atomic mass is 10.1. The van der Waals surface area contributed by atoms with Crippen LogP contribution in [0.1, 0.15) is 18.1 Å². The summed E-state index contributed by atoms with van der Waals surface area (Å²) in [4.78, 5) is 22.1. The van der Waals surface area contributed by atoms with Gasteiger partial charge in [0.1, 0.15) is 0 Å². The Balaban J connectivity index is 2.55. The number of hydrogen-bond acceptors (Lipinski definition) is 5. The average molecular weight is 268 g/mol. The van der Waals surface area contributed by atoms with Crippen molar-refractivity contribution in [3.05, 3.63) is 39.9 Å². The van der Waals surface area contributed by atoms with E-state index in [4.69, 9.17) is 5.11 Å². The SMILES string of the molecule is CN(CCC(=O)O)CC(O)c1ccc([N+](=O)[O-])cc1. The molecule has 0 aromatic heterocycles. The van der Waals surface area contributed by atoms with Gasteiger partial charge in [-0.25, -0.2) is 0 Å². The molecule has 1 aromatic rings. The number of nitro benzene ring substituents is 1. The molecule has 104 valence electrons. The Morgan fingerprint density at radius 3 is 2.47 bits per heavy atom. The standard InChI is InChI=1S/C12H16N2O5/c1-13(7-6-12(16)17)8-11(15)9-2-4-10(5-3-9)14(18)19/h2-5,11,15H,6-8H2,1H3,(H,16,17). The lowest BCUT2D eigenvalue weighted by Crippen LogP contribution is -2.27. The summed E-state index contributed by atoms with van der Waals surface area (Å²) in [5.74, 6) is -0.892. The third-order valence-electron chi connectivity index (χ3n) is 2.68. The van der Waals surface area contributed by atoms with Gasteiger partial charge < -0.3 is 15.1 Å². The van der Waals surface area contributed by atoms with Crippen LogP contribution < -0.4 is 0 Å². The number of aliphatic hydroxyl groups excluding tert-OH is 1. The molecule has 1 rings (SSSR count). The molecule has 7 nitrogen and oxygen atoms in total. The zero-order chi connectivity index (χ0) is 14.4. The Labute approximate surface area is 110 Å². The number of likely N-dealkylation sites (N-methyl/N-ethyl adjacent to an activating group) is 1. The van der Waals surface area contributed by atoms with Crippen LogP contribution in [0.15, 0.2) is 24.3 Å². The fourth-order valence-electron chi connectivity index (χ4n) is 1.60. The van der Waals surface area contributed by atoms with E-state index >= 15 is 0 Å². The number of carboxylic acid groups (broad SMARTS) is 1. The van der Waals surface area contributed by atoms with Crippen LogP contribution in [-0.4, -0.2) is 46.1 Å². The van der Waals surface area contributed by atoms with Gasteiger partial charge in [0.25, 0.3) is 5.69 Å². The van der Waals surface area contributed by atoms with Crippen molar-refractivity contribution in [1.82, 2.24) is 4.90 Å². The fourth-order valence-corrected chi connectivity index (χ4v) is 1.60. The van der Waals surface area contributed by atoms with E-state index in [1.165, 1.54) is 24.3 Å². The minimum absolute atomic E-state index is 0.00345. The van der Waals surface area contributed by atoms with Crippen molar-refractivity contribution < 1.29 is 19.9 Å². The summed E-state index contributed by atoms with van der Waals surface area (Å²) >= 11 is 0. The number of non-ortho nitro benzene ring substituents is 1. The second-order valence-electron chi connectivity index (χ2n) is 4.27. The topological polar surface area (TPSA) is 104 Å². The highest BCUT2D eigenvalue weighted by molar-refractivity contribution is 5.66. The van der Waals surface area contributed by atoms with Gasteiger partial charge in [0.15, 0.2) is 0 Å². The van der Waals surface area contributed by atoms with Gasteiger partial charge in [-0.15, -0.1) is 0 Å². The summed E-state index contributed by atoms with van der Waals surface area (Å²) in [6, 6.07) is 5.65. The van der Waals surface area contributed by atoms with Crippen LogP contribution in [0, 0.1) is 10.1 Å². The van der Waals surface area contributed by atoms with E-state index in [1.54, 1.807) is 11.9 Å². The number of carbonyl (C=O) groups is 1. The molecule has 0 radical (unpaired) electrons. The largest absolute Gasteiger partial charge is 0.481 e. The highest BCUT2D eigenvalue weighted by Crippen LogP contribution is 2.18. The molecule has 1 atom stereocenters. The first kappa shape index (κ1) is 15.1. The van der Waals surface area contributed by atoms with Crippen molar-refractivity contribution in [3.63, 3.8) is 0 Å². The number of aliphatic carboxylic acids is 1. The molecule has 2 N–H and O–H groups in total. The van der Waals surface area contributed by atoms with Gasteiger partial charge >= 0.3 is 5.97 Å². The van der Waals surface area contributed by atoms with E-state index in [2.05, 4.69) is 0 Å². The summed E-state index contributed by atoms with van der Waals surface area (Å²) in [6.45, 7) is 0.602. The van der Waals surface area contributed by atoms with Crippen molar-refractivity contribution in [2.45, 2.75) is 12.5 Å². The lowest BCUT2D eigenvalue weighted by molar-refractivity contribution is -0.384. The van der Waals surface area contributed by atoms with Gasteiger partial charge in [-0.3, -0.25) is 14.9 Å². The summed E-state index contributed by atoms with van der Waals surface area (Å²) in [5.41, 5.74) is 0.531. The second kappa shape index (κ2) is 6.81. The maximum Gasteiger partial charge on any atom is 0.304 e. The van der Waals surface area contributed by atoms with Gasteiger partial charge in [-0.1, -0.05) is 0 Å². The zero-order valence-corrected chi connectivity index (χ0v) is 10.5. The molecular weight excluding hydrogens is 252 g/mol. The zero-order valence-electron chi connectivity index (χ0n) is 10.5. The summed E-state index contributed by atoms with van der Waals surface area (Å²) in [7, 11) is 1.71. The molecule has 1 unspecified atom stereocenters. The molecule has 0 bridgehead atoms. The summed E-state index contributed by atoms with van der Waals surface area (Å²) in [6.07, 6.45) is -0.802. The van der Waals surface area contributed by atoms with Gasteiger partial charge in [0.2, 0.25) is 0 Å². The highest BCUT2D eigenvalue weighted by Gasteiger charge is 2.13. The van der Waals surface area contributed by atoms with Crippen LogP contribution in [0.3, 0.4) is 0 Å². The fraction of sp³-hybridized carbons (Fsp3) is 0.417. The lowest BCUT2D eigenvalue weighted by Gasteiger charge is -2.19. The van der Waals surface area contributed by atoms with Crippen LogP contribution in [-0.2, 0) is 4.79 Å². The molecule has 0 saturated carbocycles. The van der Waals surface area contributed by atoms with Crippen molar-refractivity contribution in [3.8, 4) is 0 Å². The molecule has 7 heteroatoms. The predicted octanol–water partition coefficient (Wildman–Crippen LogP) is 1.03. The first-order chi connectivity index (χ1) is 8.90. The quantitative estimate of drug-likeness (QED) is 0.565. The van der Waals surface area contributed by atoms with Crippen LogP contribution in [0.25, 0.3) is 0 Å². The van der Waals surface area contributed by atoms with Crippen LogP contribution in [0.4, 0.5) is 5.69 Å². The minimum atomic E-state index is -0.892. The number of carboxylic acids is 1. The third kappa shape index (κ3) is 5.02. The maximum atomic E-state index is 10.5. The van der Waals surface area contributed by atoms with Gasteiger partial charge in [0, 0.05) is 25.2 Å². The van der Waals surface area contributed by atoms with Crippen molar-refractivity contribution in [1.29, 1.82) is 0 Å². The van der Waals surface area contributed by atoms with Crippen molar-refractivity contribution >= 4 is 11.7 Å². The van der Waals surface area contributed by atoms with E-state index in [1.807, 2.05) is 0 Å². The van der Waals surface area contributed by atoms with Crippen molar-refractivity contribution in [2.24, 2.45) is 0 Å². The Bertz CT molecular complexity index is 446. The number of benzene rings is 1. The normalized spacial score (nSPS) is 12.4. The molecule has 0 spiro atoms. The summed E-state index contributed by atoms with van der Waals surface area (Å²) in [5, 5.41) is 29.0. The molecule has 19 heavy (non-hydrogen) atoms. The van der Waals surface area contributed by atoms with Gasteiger partial charge in [-0.05, 0) is 24.7 Å². The molecule has 0 amide bonds. The molecule has 0 aliphatic heterocycles. The van der Waals surface area contributed by atoms with E-state index < -0.39 is 17.0 Å². The maximum absolute atomic E-state index is 10.5. The Hall–Kier alpha value is -1.99. The first-order valence-corrected chi connectivity index (χ1v) is 5.73. The van der Waals surface area contributed by atoms with Crippen LogP contribution >= 0.6 is 0 Å². The van der Waals surface area contributed by atoms with E-state index in [9.17, 15) is 20.0 Å². The highest BCUT2D eigenvalue weighted by atomic mass is 16.6. The Morgan fingerprint density at radius 1 is 1.42 bits per heavy atom. The van der Waals surface area contributed by atoms with Gasteiger partial charge in [0.05, 0.1) is 17.4 Å². The van der Waals surface area contributed by atoms with Crippen LogP contribution in [0.2, 0.25) is 0 Å². The summed E-state index contributed by atoms with van der Waals surface area (Å²) < 4.78 is 0. The molecular formula is C12H16N2O5. The molecule has 0 aliphatic rings. The number of nitrogens with zero attached hydrogens (tertiary/aromatic N) is 2. The molecule has 0 heterocycles. The Kier molecular flexibility index (Phi) is 5.40. The van der Waals surface area contributed by atoms with E-state index in [-0.39, 0.29) is 18.7 Å². The number of nitro groups is 1. The first-order valence-electron chi connectivity index (χ1n) is 5.73. The predicted molar refractivity (Wildman–Crippen MR) is 67.8 cm³/mol. The average Bonchev–Trinajstić information content (AvgIpc) is 2.36. The number of aliphatic hydroxyl groups is 1. The second-order valence-corrected chi connectivity index (χ2v) is 4.27.